The number of carboxylic acid groups (broad SMARTS) is 1. The molecule has 1 atom stereocenters. The van der Waals surface area contributed by atoms with E-state index in [2.05, 4.69) is 20.3 Å². The van der Waals surface area contributed by atoms with Crippen LogP contribution in [0, 0.1) is 0 Å². The Kier molecular flexibility index (Phi) is 9.51. The molecular weight excluding hydrogens is 587 g/mol. The highest BCUT2D eigenvalue weighted by Crippen LogP contribution is 2.26. The summed E-state index contributed by atoms with van der Waals surface area (Å²) in [6.07, 6.45) is -2.05. The number of aliphatic carboxylic acids is 1. The summed E-state index contributed by atoms with van der Waals surface area (Å²) in [6, 6.07) is 21.4. The molecule has 2 aliphatic heterocycles. The first-order valence-corrected chi connectivity index (χ1v) is 14.5. The molecule has 4 aromatic rings. The molecule has 0 saturated carbocycles. The molecule has 0 spiro atoms. The molecule has 3 heterocycles. The zero-order valence-electron chi connectivity index (χ0n) is 22.6. The van der Waals surface area contributed by atoms with Gasteiger partial charge in [-0.1, -0.05) is 36.4 Å². The van der Waals surface area contributed by atoms with Crippen molar-refractivity contribution >= 4 is 44.2 Å². The number of fused-ring (bicyclic) bond motifs is 10. The van der Waals surface area contributed by atoms with Gasteiger partial charge < -0.3 is 21.5 Å². The molecule has 226 valence electrons. The fourth-order valence-corrected chi connectivity index (χ4v) is 5.47. The second-order valence-electron chi connectivity index (χ2n) is 9.62. The fourth-order valence-electron chi connectivity index (χ4n) is 4.33. The van der Waals surface area contributed by atoms with E-state index in [1.165, 1.54) is 0 Å². The van der Waals surface area contributed by atoms with Crippen LogP contribution in [-0.4, -0.2) is 43.1 Å². The average Bonchev–Trinajstić information content (AvgIpc) is 2.97. The van der Waals surface area contributed by atoms with Crippen molar-refractivity contribution in [3.05, 3.63) is 95.7 Å². The smallest absolute Gasteiger partial charge is 0.475 e. The summed E-state index contributed by atoms with van der Waals surface area (Å²) in [5.74, 6) is -2.53. The molecule has 6 rings (SSSR count). The zero-order valence-corrected chi connectivity index (χ0v) is 23.4. The number of alkyl halides is 3. The van der Waals surface area contributed by atoms with E-state index in [0.29, 0.717) is 30.8 Å². The van der Waals surface area contributed by atoms with E-state index >= 15 is 0 Å². The molecule has 1 aromatic heterocycles. The number of sulfonamides is 1. The number of anilines is 2. The van der Waals surface area contributed by atoms with Gasteiger partial charge >= 0.3 is 12.1 Å². The van der Waals surface area contributed by atoms with Crippen LogP contribution in [0.4, 0.5) is 24.7 Å². The number of nitrogens with two attached hydrogens (primary N) is 1. The minimum absolute atomic E-state index is 0.185. The second kappa shape index (κ2) is 13.1. The van der Waals surface area contributed by atoms with E-state index in [4.69, 9.17) is 15.6 Å². The van der Waals surface area contributed by atoms with Crippen molar-refractivity contribution in [1.82, 2.24) is 15.0 Å². The average molecular weight is 616 g/mol. The number of halogens is 3. The Labute approximate surface area is 245 Å². The van der Waals surface area contributed by atoms with Gasteiger partial charge in [0.05, 0.1) is 4.90 Å². The number of carbonyl (C=O) groups excluding carboxylic acids is 1. The number of aromatic nitrogens is 1. The van der Waals surface area contributed by atoms with Crippen LogP contribution in [0.15, 0.2) is 83.9 Å². The summed E-state index contributed by atoms with van der Waals surface area (Å²) in [5.41, 5.74) is 9.35. The van der Waals surface area contributed by atoms with E-state index in [0.717, 1.165) is 27.6 Å². The van der Waals surface area contributed by atoms with E-state index in [1.54, 1.807) is 30.5 Å². The third-order valence-electron chi connectivity index (χ3n) is 6.53. The topological polar surface area (TPSA) is 164 Å². The largest absolute Gasteiger partial charge is 0.490 e. The highest BCUT2D eigenvalue weighted by molar-refractivity contribution is 7.89. The number of nitrogen functional groups attached to an aromatic ring is 1. The van der Waals surface area contributed by atoms with E-state index in [9.17, 15) is 26.4 Å². The number of benzene rings is 3. The third-order valence-corrected chi connectivity index (χ3v) is 7.99. The standard InChI is InChI=1S/C27H27N5O3S.C2HF3O2/c28-26-24-11-10-22(16-21(24)12-14-29-26)32-25-20-8-6-18(7-9-20)4-2-13-31-36(34,35)23-5-1-3-19(15-23)17-30-27(25)33;3-2(4,5)1(6)7/h1,3,5-12,14-16,25,31-32H,2,4,13,17H2,(H2,28,29)(H,30,33);(H,6,7). The van der Waals surface area contributed by atoms with Crippen LogP contribution in [-0.2, 0) is 32.6 Å². The quantitative estimate of drug-likeness (QED) is 0.225. The summed E-state index contributed by atoms with van der Waals surface area (Å²) in [4.78, 5) is 26.6. The molecule has 10 nitrogen and oxygen atoms in total. The van der Waals surface area contributed by atoms with Gasteiger partial charge in [-0.05, 0) is 71.3 Å². The Balaban J connectivity index is 0.000000541. The van der Waals surface area contributed by atoms with Crippen molar-refractivity contribution in [2.24, 2.45) is 0 Å². The van der Waals surface area contributed by atoms with Gasteiger partial charge in [-0.25, -0.2) is 22.9 Å². The maximum atomic E-state index is 13.4. The van der Waals surface area contributed by atoms with E-state index < -0.39 is 28.2 Å². The lowest BCUT2D eigenvalue weighted by Gasteiger charge is -2.21. The van der Waals surface area contributed by atoms with Gasteiger partial charge in [-0.3, -0.25) is 4.79 Å². The SMILES string of the molecule is Nc1nccc2cc(NC3C(=O)NCc4cccc(c4)S(=O)(=O)NCCCc4ccc3cc4)ccc12.O=C(O)C(F)(F)F. The molecule has 43 heavy (non-hydrogen) atoms. The lowest BCUT2D eigenvalue weighted by Crippen LogP contribution is -2.33. The minimum Gasteiger partial charge on any atom is -0.475 e. The predicted octanol–water partition coefficient (Wildman–Crippen LogP) is 4.14. The number of rotatable bonds is 2. The Morgan fingerprint density at radius 3 is 2.44 bits per heavy atom. The number of hydrogen-bond acceptors (Lipinski definition) is 7. The second-order valence-corrected chi connectivity index (χ2v) is 11.4. The number of carbonyl (C=O) groups is 2. The van der Waals surface area contributed by atoms with Crippen molar-refractivity contribution in [3.8, 4) is 0 Å². The summed E-state index contributed by atoms with van der Waals surface area (Å²) in [5, 5.41) is 15.2. The molecule has 6 N–H and O–H groups in total. The number of aryl methyl sites for hydroxylation is 1. The maximum Gasteiger partial charge on any atom is 0.490 e. The van der Waals surface area contributed by atoms with E-state index in [1.807, 2.05) is 48.5 Å². The lowest BCUT2D eigenvalue weighted by molar-refractivity contribution is -0.192. The highest BCUT2D eigenvalue weighted by atomic mass is 32.2. The summed E-state index contributed by atoms with van der Waals surface area (Å²) in [7, 11) is -3.62. The maximum absolute atomic E-state index is 13.4. The van der Waals surface area contributed by atoms with Crippen molar-refractivity contribution in [1.29, 1.82) is 0 Å². The van der Waals surface area contributed by atoms with Crippen LogP contribution < -0.4 is 21.1 Å². The molecule has 4 bridgehead atoms. The molecule has 1 unspecified atom stereocenters. The van der Waals surface area contributed by atoms with E-state index in [-0.39, 0.29) is 17.3 Å². The van der Waals surface area contributed by atoms with Crippen molar-refractivity contribution < 1.29 is 36.3 Å². The number of carboxylic acids is 1. The molecule has 1 amide bonds. The molecular formula is C29H28F3N5O5S. The third kappa shape index (κ3) is 8.20. The zero-order chi connectivity index (χ0) is 31.2. The van der Waals surface area contributed by atoms with Gasteiger partial charge in [0.1, 0.15) is 11.9 Å². The van der Waals surface area contributed by atoms with Crippen LogP contribution in [0.3, 0.4) is 0 Å². The highest BCUT2D eigenvalue weighted by Gasteiger charge is 2.38. The molecule has 14 heteroatoms. The van der Waals surface area contributed by atoms with Crippen LogP contribution in [0.25, 0.3) is 10.8 Å². The van der Waals surface area contributed by atoms with Gasteiger partial charge in [-0.2, -0.15) is 13.2 Å². The summed E-state index contributed by atoms with van der Waals surface area (Å²) >= 11 is 0. The monoisotopic (exact) mass is 615 g/mol. The van der Waals surface area contributed by atoms with Crippen molar-refractivity contribution in [2.75, 3.05) is 17.6 Å². The number of nitrogens with zero attached hydrogens (tertiary/aromatic N) is 1. The Bertz CT molecular complexity index is 1730. The van der Waals surface area contributed by atoms with Crippen LogP contribution >= 0.6 is 0 Å². The fraction of sp³-hybridized carbons (Fsp3) is 0.207. The first kappa shape index (κ1) is 31.3. The molecule has 3 aromatic carbocycles. The summed E-state index contributed by atoms with van der Waals surface area (Å²) in [6.45, 7) is 0.537. The van der Waals surface area contributed by atoms with Crippen LogP contribution in [0.1, 0.15) is 29.2 Å². The van der Waals surface area contributed by atoms with Gasteiger partial charge in [-0.15, -0.1) is 0 Å². The normalized spacial score (nSPS) is 16.9. The molecule has 0 fully saturated rings. The van der Waals surface area contributed by atoms with Crippen LogP contribution in [0.2, 0.25) is 0 Å². The Morgan fingerprint density at radius 2 is 1.74 bits per heavy atom. The van der Waals surface area contributed by atoms with Gasteiger partial charge in [0, 0.05) is 30.4 Å². The van der Waals surface area contributed by atoms with Gasteiger partial charge in [0.15, 0.2) is 0 Å². The molecule has 2 aliphatic rings. The predicted molar refractivity (Wildman–Crippen MR) is 154 cm³/mol. The first-order valence-electron chi connectivity index (χ1n) is 13.0. The Morgan fingerprint density at radius 1 is 1.02 bits per heavy atom. The number of nitrogens with one attached hydrogen (secondary N) is 3. The first-order chi connectivity index (χ1) is 20.3. The molecule has 0 saturated heterocycles. The van der Waals surface area contributed by atoms with Crippen molar-refractivity contribution in [3.63, 3.8) is 0 Å². The summed E-state index contributed by atoms with van der Waals surface area (Å²) < 4.78 is 59.8. The van der Waals surface area contributed by atoms with Gasteiger partial charge in [0.2, 0.25) is 15.9 Å². The molecule has 0 aliphatic carbocycles. The lowest BCUT2D eigenvalue weighted by atomic mass is 10.0. The number of hydrogen-bond donors (Lipinski definition) is 5. The number of amides is 1. The Hall–Kier alpha value is -4.69. The van der Waals surface area contributed by atoms with Crippen molar-refractivity contribution in [2.45, 2.75) is 36.5 Å². The van der Waals surface area contributed by atoms with Crippen LogP contribution in [0.5, 0.6) is 0 Å². The van der Waals surface area contributed by atoms with Gasteiger partial charge in [0.25, 0.3) is 0 Å². The number of pyridine rings is 1. The molecule has 0 radical (unpaired) electrons. The minimum atomic E-state index is -5.08.